The fraction of sp³-hybridized carbons (Fsp3) is 0.200. The molecule has 0 fully saturated rings. The molecular weight excluding hydrogens is 238 g/mol. The summed E-state index contributed by atoms with van der Waals surface area (Å²) in [6.45, 7) is 2.83. The van der Waals surface area contributed by atoms with Gasteiger partial charge in [0.1, 0.15) is 11.6 Å². The van der Waals surface area contributed by atoms with Crippen molar-refractivity contribution >= 4 is 5.82 Å². The minimum atomic E-state index is 0.589. The van der Waals surface area contributed by atoms with Crippen molar-refractivity contribution in [1.82, 2.24) is 4.98 Å². The topological polar surface area (TPSA) is 57.9 Å². The van der Waals surface area contributed by atoms with Crippen LogP contribution in [0, 0.1) is 11.3 Å². The highest BCUT2D eigenvalue weighted by Crippen LogP contribution is 2.30. The molecule has 0 spiro atoms. The number of ether oxygens (including phenoxy) is 1. The molecule has 2 aromatic rings. The average Bonchev–Trinajstić information content (AvgIpc) is 2.47. The summed E-state index contributed by atoms with van der Waals surface area (Å²) in [6.07, 6.45) is 0. The molecule has 0 amide bonds. The molecule has 0 unspecified atom stereocenters. The first kappa shape index (κ1) is 12.9. The lowest BCUT2D eigenvalue weighted by Crippen LogP contribution is -2.00. The van der Waals surface area contributed by atoms with Gasteiger partial charge < -0.3 is 10.1 Å². The van der Waals surface area contributed by atoms with Gasteiger partial charge in [-0.2, -0.15) is 5.26 Å². The number of hydrogen-bond donors (Lipinski definition) is 1. The maximum absolute atomic E-state index is 8.99. The van der Waals surface area contributed by atoms with Crippen LogP contribution in [0.1, 0.15) is 12.5 Å². The highest BCUT2D eigenvalue weighted by atomic mass is 16.5. The molecule has 1 aromatic heterocycles. The summed E-state index contributed by atoms with van der Waals surface area (Å²) >= 11 is 0. The van der Waals surface area contributed by atoms with E-state index in [0.717, 1.165) is 23.6 Å². The molecule has 2 rings (SSSR count). The van der Waals surface area contributed by atoms with E-state index in [4.69, 9.17) is 10.00 Å². The second-order valence-corrected chi connectivity index (χ2v) is 3.97. The highest BCUT2D eigenvalue weighted by molar-refractivity contribution is 5.70. The van der Waals surface area contributed by atoms with E-state index < -0.39 is 0 Å². The Morgan fingerprint density at radius 1 is 1.32 bits per heavy atom. The Morgan fingerprint density at radius 2 is 2.16 bits per heavy atom. The number of methoxy groups -OCH3 is 1. The van der Waals surface area contributed by atoms with Crippen LogP contribution in [0.4, 0.5) is 5.82 Å². The average molecular weight is 253 g/mol. The minimum absolute atomic E-state index is 0.589. The summed E-state index contributed by atoms with van der Waals surface area (Å²) in [6, 6.07) is 13.2. The van der Waals surface area contributed by atoms with Gasteiger partial charge in [-0.05, 0) is 37.3 Å². The maximum atomic E-state index is 8.99. The number of pyridine rings is 1. The van der Waals surface area contributed by atoms with Crippen LogP contribution in [0.2, 0.25) is 0 Å². The van der Waals surface area contributed by atoms with Crippen LogP contribution < -0.4 is 10.1 Å². The molecule has 0 radical (unpaired) electrons. The van der Waals surface area contributed by atoms with E-state index in [1.165, 1.54) is 0 Å². The molecule has 1 heterocycles. The molecule has 0 aliphatic heterocycles. The number of nitrogens with one attached hydrogen (secondary N) is 1. The first-order valence-corrected chi connectivity index (χ1v) is 6.08. The van der Waals surface area contributed by atoms with Crippen LogP contribution in [0.15, 0.2) is 36.4 Å². The van der Waals surface area contributed by atoms with Gasteiger partial charge in [-0.15, -0.1) is 0 Å². The molecular formula is C15H15N3O. The first-order valence-electron chi connectivity index (χ1n) is 6.08. The molecule has 0 bridgehead atoms. The number of nitrogens with zero attached hydrogens (tertiary/aromatic N) is 2. The van der Waals surface area contributed by atoms with Crippen molar-refractivity contribution in [3.8, 4) is 23.1 Å². The fourth-order valence-electron chi connectivity index (χ4n) is 1.84. The van der Waals surface area contributed by atoms with E-state index in [0.29, 0.717) is 11.3 Å². The minimum Gasteiger partial charge on any atom is -0.496 e. The van der Waals surface area contributed by atoms with Crippen molar-refractivity contribution in [2.45, 2.75) is 6.92 Å². The summed E-state index contributed by atoms with van der Waals surface area (Å²) in [5, 5.41) is 12.2. The number of anilines is 1. The summed E-state index contributed by atoms with van der Waals surface area (Å²) in [5.41, 5.74) is 2.19. The summed E-state index contributed by atoms with van der Waals surface area (Å²) < 4.78 is 5.33. The SMILES string of the molecule is CCNc1cccc(-c2cc(C#N)ccc2OC)n1. The molecule has 19 heavy (non-hydrogen) atoms. The van der Waals surface area contributed by atoms with Crippen molar-refractivity contribution in [3.63, 3.8) is 0 Å². The number of nitriles is 1. The van der Waals surface area contributed by atoms with Crippen molar-refractivity contribution in [2.75, 3.05) is 19.0 Å². The molecule has 96 valence electrons. The standard InChI is InChI=1S/C15H15N3O/c1-3-17-15-6-4-5-13(18-15)12-9-11(10-16)7-8-14(12)19-2/h4-9H,3H2,1-2H3,(H,17,18). The number of rotatable bonds is 4. The number of hydrogen-bond acceptors (Lipinski definition) is 4. The third-order valence-electron chi connectivity index (χ3n) is 2.71. The van der Waals surface area contributed by atoms with Crippen LogP contribution in [0.5, 0.6) is 5.75 Å². The van der Waals surface area contributed by atoms with E-state index in [1.807, 2.05) is 25.1 Å². The Bertz CT molecular complexity index is 617. The van der Waals surface area contributed by atoms with Crippen LogP contribution >= 0.6 is 0 Å². The third-order valence-corrected chi connectivity index (χ3v) is 2.71. The fourth-order valence-corrected chi connectivity index (χ4v) is 1.84. The monoisotopic (exact) mass is 253 g/mol. The van der Waals surface area contributed by atoms with Gasteiger partial charge in [0, 0.05) is 12.1 Å². The molecule has 4 heteroatoms. The summed E-state index contributed by atoms with van der Waals surface area (Å²) in [5.74, 6) is 1.52. The third kappa shape index (κ3) is 2.83. The van der Waals surface area contributed by atoms with Crippen molar-refractivity contribution < 1.29 is 4.74 Å². The zero-order valence-electron chi connectivity index (χ0n) is 11.0. The molecule has 0 saturated carbocycles. The number of aromatic nitrogens is 1. The van der Waals surface area contributed by atoms with Crippen LogP contribution in [-0.2, 0) is 0 Å². The second kappa shape index (κ2) is 5.87. The van der Waals surface area contributed by atoms with Gasteiger partial charge in [0.15, 0.2) is 0 Å². The Balaban J connectivity index is 2.50. The van der Waals surface area contributed by atoms with Crippen LogP contribution in [0.25, 0.3) is 11.3 Å². The smallest absolute Gasteiger partial charge is 0.128 e. The van der Waals surface area contributed by atoms with Gasteiger partial charge in [0.2, 0.25) is 0 Å². The number of benzene rings is 1. The lowest BCUT2D eigenvalue weighted by Gasteiger charge is -2.10. The Kier molecular flexibility index (Phi) is 3.99. The molecule has 0 aliphatic rings. The highest BCUT2D eigenvalue weighted by Gasteiger charge is 2.09. The molecule has 0 aliphatic carbocycles. The van der Waals surface area contributed by atoms with E-state index in [1.54, 1.807) is 25.3 Å². The first-order chi connectivity index (χ1) is 9.28. The summed E-state index contributed by atoms with van der Waals surface area (Å²) in [4.78, 5) is 4.52. The Labute approximate surface area is 112 Å². The van der Waals surface area contributed by atoms with Gasteiger partial charge in [-0.1, -0.05) is 6.07 Å². The molecule has 4 nitrogen and oxygen atoms in total. The second-order valence-electron chi connectivity index (χ2n) is 3.97. The van der Waals surface area contributed by atoms with Crippen molar-refractivity contribution in [2.24, 2.45) is 0 Å². The molecule has 0 atom stereocenters. The van der Waals surface area contributed by atoms with Crippen molar-refractivity contribution in [3.05, 3.63) is 42.0 Å². The maximum Gasteiger partial charge on any atom is 0.128 e. The van der Waals surface area contributed by atoms with Gasteiger partial charge in [-0.25, -0.2) is 4.98 Å². The van der Waals surface area contributed by atoms with Gasteiger partial charge in [0.25, 0.3) is 0 Å². The Hall–Kier alpha value is -2.54. The zero-order valence-corrected chi connectivity index (χ0v) is 11.0. The van der Waals surface area contributed by atoms with Gasteiger partial charge in [0.05, 0.1) is 24.4 Å². The quantitative estimate of drug-likeness (QED) is 0.909. The van der Waals surface area contributed by atoms with Gasteiger partial charge >= 0.3 is 0 Å². The van der Waals surface area contributed by atoms with Crippen LogP contribution in [-0.4, -0.2) is 18.6 Å². The van der Waals surface area contributed by atoms with E-state index >= 15 is 0 Å². The molecule has 0 saturated heterocycles. The predicted molar refractivity (Wildman–Crippen MR) is 75.1 cm³/mol. The predicted octanol–water partition coefficient (Wildman–Crippen LogP) is 3.06. The largest absolute Gasteiger partial charge is 0.496 e. The normalized spacial score (nSPS) is 9.74. The van der Waals surface area contributed by atoms with E-state index in [2.05, 4.69) is 16.4 Å². The molecule has 1 aromatic carbocycles. The van der Waals surface area contributed by atoms with Gasteiger partial charge in [-0.3, -0.25) is 0 Å². The lowest BCUT2D eigenvalue weighted by atomic mass is 10.1. The summed E-state index contributed by atoms with van der Waals surface area (Å²) in [7, 11) is 1.61. The van der Waals surface area contributed by atoms with E-state index in [9.17, 15) is 0 Å². The zero-order chi connectivity index (χ0) is 13.7. The van der Waals surface area contributed by atoms with Crippen molar-refractivity contribution in [1.29, 1.82) is 5.26 Å². The van der Waals surface area contributed by atoms with E-state index in [-0.39, 0.29) is 0 Å². The lowest BCUT2D eigenvalue weighted by molar-refractivity contribution is 0.416. The van der Waals surface area contributed by atoms with Crippen LogP contribution in [0.3, 0.4) is 0 Å². The Morgan fingerprint density at radius 3 is 2.84 bits per heavy atom. The molecule has 1 N–H and O–H groups in total.